The average Bonchev–Trinajstić information content (AvgIpc) is 3.25. The zero-order valence-electron chi connectivity index (χ0n) is 19.7. The van der Waals surface area contributed by atoms with Crippen LogP contribution < -0.4 is 0 Å². The van der Waals surface area contributed by atoms with Crippen molar-refractivity contribution < 1.29 is 4.79 Å². The zero-order valence-corrected chi connectivity index (χ0v) is 20.6. The summed E-state index contributed by atoms with van der Waals surface area (Å²) in [5, 5.41) is 9.95. The van der Waals surface area contributed by atoms with Crippen molar-refractivity contribution in [2.45, 2.75) is 63.1 Å². The largest absolute Gasteiger partial charge is 0.342 e. The van der Waals surface area contributed by atoms with Crippen molar-refractivity contribution in [3.8, 4) is 0 Å². The molecule has 1 amide bonds. The van der Waals surface area contributed by atoms with Gasteiger partial charge >= 0.3 is 0 Å². The highest BCUT2D eigenvalue weighted by atomic mass is 32.2. The van der Waals surface area contributed by atoms with E-state index in [1.807, 2.05) is 0 Å². The molecule has 32 heavy (non-hydrogen) atoms. The van der Waals surface area contributed by atoms with Crippen LogP contribution in [0.15, 0.2) is 35.5 Å². The van der Waals surface area contributed by atoms with Gasteiger partial charge < -0.3 is 9.47 Å². The number of hydrogen-bond acceptors (Lipinski definition) is 5. The molecule has 2 saturated heterocycles. The highest BCUT2D eigenvalue weighted by molar-refractivity contribution is 7.98. The Bertz CT molecular complexity index is 876. The molecular formula is C25H37N5OS. The van der Waals surface area contributed by atoms with Crippen LogP contribution in [0.5, 0.6) is 0 Å². The molecule has 1 aromatic heterocycles. The van der Waals surface area contributed by atoms with Gasteiger partial charge in [0.25, 0.3) is 0 Å². The van der Waals surface area contributed by atoms with Gasteiger partial charge in [-0.3, -0.25) is 9.69 Å². The van der Waals surface area contributed by atoms with Gasteiger partial charge in [0.05, 0.1) is 6.54 Å². The molecule has 3 heterocycles. The minimum absolute atomic E-state index is 0.291. The molecule has 1 aromatic carbocycles. The highest BCUT2D eigenvalue weighted by Gasteiger charge is 2.30. The summed E-state index contributed by atoms with van der Waals surface area (Å²) in [5.74, 6) is 2.42. The summed E-state index contributed by atoms with van der Waals surface area (Å²) in [4.78, 5) is 17.5. The molecule has 174 valence electrons. The number of hydrogen-bond donors (Lipinski definition) is 0. The van der Waals surface area contributed by atoms with E-state index in [1.54, 1.807) is 11.8 Å². The third kappa shape index (κ3) is 5.54. The molecule has 0 radical (unpaired) electrons. The number of amides is 1. The lowest BCUT2D eigenvalue weighted by Gasteiger charge is -2.36. The standard InChI is InChI=1S/C25H37N5OS/c1-19(2)30-24(26-27-25(30)32-3)22-10-7-13-28(17-22)18-23(31)29-14-11-21(12-15-29)16-20-8-5-4-6-9-20/h4-6,8-9,19,21-22H,7,10-18H2,1-3H3/t22-/m0/s1. The molecular weight excluding hydrogens is 418 g/mol. The van der Waals surface area contributed by atoms with Crippen molar-refractivity contribution in [2.75, 3.05) is 39.0 Å². The Morgan fingerprint density at radius 2 is 1.84 bits per heavy atom. The Morgan fingerprint density at radius 1 is 1.09 bits per heavy atom. The summed E-state index contributed by atoms with van der Waals surface area (Å²) < 4.78 is 2.28. The molecule has 2 fully saturated rings. The number of nitrogens with zero attached hydrogens (tertiary/aromatic N) is 5. The van der Waals surface area contributed by atoms with Crippen molar-refractivity contribution in [1.82, 2.24) is 24.6 Å². The number of carbonyl (C=O) groups excluding carboxylic acids is 1. The Morgan fingerprint density at radius 3 is 2.53 bits per heavy atom. The van der Waals surface area contributed by atoms with Crippen LogP contribution in [0.2, 0.25) is 0 Å². The Hall–Kier alpha value is -1.86. The lowest BCUT2D eigenvalue weighted by molar-refractivity contribution is -0.134. The number of thioether (sulfide) groups is 1. The van der Waals surface area contributed by atoms with Crippen molar-refractivity contribution in [3.63, 3.8) is 0 Å². The van der Waals surface area contributed by atoms with E-state index in [2.05, 4.69) is 75.0 Å². The van der Waals surface area contributed by atoms with Gasteiger partial charge in [0.1, 0.15) is 5.82 Å². The van der Waals surface area contributed by atoms with Gasteiger partial charge in [0.2, 0.25) is 5.91 Å². The molecule has 2 aliphatic rings. The molecule has 4 rings (SSSR count). The molecule has 0 unspecified atom stereocenters. The number of rotatable bonds is 7. The summed E-state index contributed by atoms with van der Waals surface area (Å²) >= 11 is 1.65. The van der Waals surface area contributed by atoms with Crippen LogP contribution in [-0.4, -0.2) is 69.5 Å². The number of aromatic nitrogens is 3. The molecule has 0 saturated carbocycles. The minimum atomic E-state index is 0.291. The lowest BCUT2D eigenvalue weighted by Crippen LogP contribution is -2.46. The second kappa shape index (κ2) is 10.8. The second-order valence-corrected chi connectivity index (χ2v) is 10.4. The summed E-state index contributed by atoms with van der Waals surface area (Å²) in [7, 11) is 0. The quantitative estimate of drug-likeness (QED) is 0.585. The van der Waals surface area contributed by atoms with Crippen LogP contribution >= 0.6 is 11.8 Å². The van der Waals surface area contributed by atoms with Gasteiger partial charge in [0, 0.05) is 31.6 Å². The lowest BCUT2D eigenvalue weighted by atomic mass is 9.90. The SMILES string of the molecule is CSc1nnc([C@H]2CCCN(CC(=O)N3CCC(Cc4ccccc4)CC3)C2)n1C(C)C. The fourth-order valence-corrected chi connectivity index (χ4v) is 5.85. The van der Waals surface area contributed by atoms with E-state index in [9.17, 15) is 4.79 Å². The fourth-order valence-electron chi connectivity index (χ4n) is 5.23. The molecule has 0 aliphatic carbocycles. The molecule has 0 bridgehead atoms. The summed E-state index contributed by atoms with van der Waals surface area (Å²) in [6.45, 7) is 8.60. The first-order valence-electron chi connectivity index (χ1n) is 12.1. The normalized spacial score (nSPS) is 20.8. The fraction of sp³-hybridized carbons (Fsp3) is 0.640. The maximum atomic E-state index is 13.0. The van der Waals surface area contributed by atoms with Crippen molar-refractivity contribution in [2.24, 2.45) is 5.92 Å². The van der Waals surface area contributed by atoms with E-state index >= 15 is 0 Å². The van der Waals surface area contributed by atoms with Crippen molar-refractivity contribution in [1.29, 1.82) is 0 Å². The van der Waals surface area contributed by atoms with Gasteiger partial charge in [-0.1, -0.05) is 42.1 Å². The number of piperidine rings is 2. The second-order valence-electron chi connectivity index (χ2n) is 9.60. The first kappa shape index (κ1) is 23.3. The summed E-state index contributed by atoms with van der Waals surface area (Å²) in [5.41, 5.74) is 1.41. The maximum absolute atomic E-state index is 13.0. The summed E-state index contributed by atoms with van der Waals surface area (Å²) in [6.07, 6.45) is 7.63. The molecule has 6 nitrogen and oxygen atoms in total. The van der Waals surface area contributed by atoms with Gasteiger partial charge in [-0.25, -0.2) is 0 Å². The average molecular weight is 456 g/mol. The number of carbonyl (C=O) groups is 1. The highest BCUT2D eigenvalue weighted by Crippen LogP contribution is 2.30. The molecule has 7 heteroatoms. The third-order valence-corrected chi connectivity index (χ3v) is 7.60. The number of benzene rings is 1. The predicted octanol–water partition coefficient (Wildman–Crippen LogP) is 4.24. The number of likely N-dealkylation sites (tertiary alicyclic amines) is 2. The molecule has 2 aliphatic heterocycles. The topological polar surface area (TPSA) is 54.3 Å². The van der Waals surface area contributed by atoms with Crippen LogP contribution in [0, 0.1) is 5.92 Å². The van der Waals surface area contributed by atoms with E-state index in [1.165, 1.54) is 5.56 Å². The zero-order chi connectivity index (χ0) is 22.5. The molecule has 0 N–H and O–H groups in total. The monoisotopic (exact) mass is 455 g/mol. The van der Waals surface area contributed by atoms with Crippen LogP contribution in [0.4, 0.5) is 0 Å². The Balaban J connectivity index is 1.29. The van der Waals surface area contributed by atoms with E-state index in [4.69, 9.17) is 0 Å². The third-order valence-electron chi connectivity index (χ3n) is 6.95. The van der Waals surface area contributed by atoms with E-state index in [-0.39, 0.29) is 0 Å². The van der Waals surface area contributed by atoms with E-state index in [0.29, 0.717) is 30.3 Å². The van der Waals surface area contributed by atoms with Crippen LogP contribution in [0.3, 0.4) is 0 Å². The predicted molar refractivity (Wildman–Crippen MR) is 130 cm³/mol. The van der Waals surface area contributed by atoms with E-state index in [0.717, 1.165) is 69.3 Å². The first-order chi connectivity index (χ1) is 15.5. The van der Waals surface area contributed by atoms with Gasteiger partial charge in [-0.15, -0.1) is 10.2 Å². The van der Waals surface area contributed by atoms with Crippen LogP contribution in [0.25, 0.3) is 0 Å². The van der Waals surface area contributed by atoms with Crippen LogP contribution in [0.1, 0.15) is 62.9 Å². The maximum Gasteiger partial charge on any atom is 0.236 e. The van der Waals surface area contributed by atoms with Gasteiger partial charge in [0.15, 0.2) is 5.16 Å². The van der Waals surface area contributed by atoms with E-state index < -0.39 is 0 Å². The van der Waals surface area contributed by atoms with Gasteiger partial charge in [-0.2, -0.15) is 0 Å². The Labute approximate surface area is 196 Å². The molecule has 2 aromatic rings. The van der Waals surface area contributed by atoms with Crippen molar-refractivity contribution in [3.05, 3.63) is 41.7 Å². The minimum Gasteiger partial charge on any atom is -0.342 e. The van der Waals surface area contributed by atoms with Gasteiger partial charge in [-0.05, 0) is 70.2 Å². The summed E-state index contributed by atoms with van der Waals surface area (Å²) in [6, 6.07) is 11.1. The smallest absolute Gasteiger partial charge is 0.236 e. The molecule has 1 atom stereocenters. The molecule has 0 spiro atoms. The Kier molecular flexibility index (Phi) is 7.89. The first-order valence-corrected chi connectivity index (χ1v) is 13.3. The van der Waals surface area contributed by atoms with Crippen molar-refractivity contribution >= 4 is 17.7 Å². The van der Waals surface area contributed by atoms with Crippen LogP contribution in [-0.2, 0) is 11.2 Å².